The first kappa shape index (κ1) is 15.9. The van der Waals surface area contributed by atoms with Gasteiger partial charge in [0.2, 0.25) is 0 Å². The van der Waals surface area contributed by atoms with Gasteiger partial charge in [0.25, 0.3) is 0 Å². The lowest BCUT2D eigenvalue weighted by Crippen LogP contribution is -2.37. The lowest BCUT2D eigenvalue weighted by Gasteiger charge is -2.24. The van der Waals surface area contributed by atoms with E-state index in [1.807, 2.05) is 6.92 Å². The second-order valence-corrected chi connectivity index (χ2v) is 7.81. The summed E-state index contributed by atoms with van der Waals surface area (Å²) in [7, 11) is -3.03. The molecule has 0 bridgehead atoms. The van der Waals surface area contributed by atoms with E-state index < -0.39 is 14.6 Å². The summed E-state index contributed by atoms with van der Waals surface area (Å²) >= 11 is 0. The zero-order valence-corrected chi connectivity index (χ0v) is 11.7. The van der Waals surface area contributed by atoms with Gasteiger partial charge in [0.15, 0.2) is 9.84 Å². The SMILES string of the molecule is CCN(CCCO)CCS(=O)(=O)C(C)(C)C. The van der Waals surface area contributed by atoms with Gasteiger partial charge in [-0.1, -0.05) is 6.92 Å². The summed E-state index contributed by atoms with van der Waals surface area (Å²) in [5.41, 5.74) is 0. The van der Waals surface area contributed by atoms with Crippen LogP contribution in [0, 0.1) is 0 Å². The van der Waals surface area contributed by atoms with Crippen molar-refractivity contribution in [2.75, 3.05) is 32.0 Å². The third-order valence-corrected chi connectivity index (χ3v) is 5.27. The van der Waals surface area contributed by atoms with E-state index >= 15 is 0 Å². The highest BCUT2D eigenvalue weighted by atomic mass is 32.2. The molecule has 0 spiro atoms. The smallest absolute Gasteiger partial charge is 0.156 e. The molecule has 5 heteroatoms. The van der Waals surface area contributed by atoms with Crippen LogP contribution in [0.15, 0.2) is 0 Å². The lowest BCUT2D eigenvalue weighted by atomic mass is 10.3. The number of nitrogens with zero attached hydrogens (tertiary/aromatic N) is 1. The van der Waals surface area contributed by atoms with Gasteiger partial charge in [0.05, 0.1) is 10.5 Å². The molecule has 0 unspecified atom stereocenters. The van der Waals surface area contributed by atoms with E-state index in [-0.39, 0.29) is 12.4 Å². The van der Waals surface area contributed by atoms with E-state index in [9.17, 15) is 8.42 Å². The molecule has 0 aliphatic carbocycles. The van der Waals surface area contributed by atoms with Crippen LogP contribution < -0.4 is 0 Å². The van der Waals surface area contributed by atoms with Crippen molar-refractivity contribution >= 4 is 9.84 Å². The molecule has 1 N–H and O–H groups in total. The van der Waals surface area contributed by atoms with Crippen molar-refractivity contribution < 1.29 is 13.5 Å². The summed E-state index contributed by atoms with van der Waals surface area (Å²) in [5.74, 6) is 0.190. The highest BCUT2D eigenvalue weighted by Crippen LogP contribution is 2.15. The third kappa shape index (κ3) is 5.27. The van der Waals surface area contributed by atoms with Crippen LogP contribution in [0.5, 0.6) is 0 Å². The standard InChI is InChI=1S/C11H25NO3S/c1-5-12(7-6-9-13)8-10-16(14,15)11(2,3)4/h13H,5-10H2,1-4H3. The van der Waals surface area contributed by atoms with Gasteiger partial charge in [-0.25, -0.2) is 8.42 Å². The summed E-state index contributed by atoms with van der Waals surface area (Å²) in [4.78, 5) is 2.06. The minimum Gasteiger partial charge on any atom is -0.396 e. The molecule has 0 saturated carbocycles. The maximum Gasteiger partial charge on any atom is 0.156 e. The Kier molecular flexibility index (Phi) is 6.51. The first-order valence-corrected chi connectivity index (χ1v) is 7.45. The molecule has 0 atom stereocenters. The number of aliphatic hydroxyl groups excluding tert-OH is 1. The van der Waals surface area contributed by atoms with Crippen molar-refractivity contribution in [3.63, 3.8) is 0 Å². The van der Waals surface area contributed by atoms with Gasteiger partial charge in [0, 0.05) is 19.7 Å². The van der Waals surface area contributed by atoms with Gasteiger partial charge < -0.3 is 10.0 Å². The minimum atomic E-state index is -3.03. The molecule has 0 fully saturated rings. The van der Waals surface area contributed by atoms with Crippen molar-refractivity contribution in [2.45, 2.75) is 38.9 Å². The number of rotatable bonds is 7. The number of sulfone groups is 1. The topological polar surface area (TPSA) is 57.6 Å². The number of hydrogen-bond acceptors (Lipinski definition) is 4. The fourth-order valence-corrected chi connectivity index (χ4v) is 2.39. The first-order chi connectivity index (χ1) is 7.24. The van der Waals surface area contributed by atoms with Gasteiger partial charge in [-0.15, -0.1) is 0 Å². The third-order valence-electron chi connectivity index (χ3n) is 2.69. The molecule has 4 nitrogen and oxygen atoms in total. The van der Waals surface area contributed by atoms with Gasteiger partial charge in [-0.3, -0.25) is 0 Å². The van der Waals surface area contributed by atoms with Crippen molar-refractivity contribution in [2.24, 2.45) is 0 Å². The summed E-state index contributed by atoms with van der Waals surface area (Å²) in [6, 6.07) is 0. The fourth-order valence-electron chi connectivity index (χ4n) is 1.28. The average Bonchev–Trinajstić information content (AvgIpc) is 2.16. The Morgan fingerprint density at radius 3 is 2.12 bits per heavy atom. The van der Waals surface area contributed by atoms with E-state index in [0.29, 0.717) is 13.0 Å². The van der Waals surface area contributed by atoms with E-state index in [1.165, 1.54) is 0 Å². The van der Waals surface area contributed by atoms with Gasteiger partial charge in [-0.05, 0) is 33.7 Å². The molecule has 0 aliphatic heterocycles. The van der Waals surface area contributed by atoms with Crippen molar-refractivity contribution in [1.82, 2.24) is 4.90 Å². The van der Waals surface area contributed by atoms with Crippen molar-refractivity contribution in [3.8, 4) is 0 Å². The van der Waals surface area contributed by atoms with Gasteiger partial charge in [-0.2, -0.15) is 0 Å². The predicted octanol–water partition coefficient (Wildman–Crippen LogP) is 0.904. The van der Waals surface area contributed by atoms with E-state index in [4.69, 9.17) is 5.11 Å². The zero-order chi connectivity index (χ0) is 12.8. The molecule has 0 heterocycles. The van der Waals surface area contributed by atoms with Crippen LogP contribution in [-0.2, 0) is 9.84 Å². The molecule has 0 radical (unpaired) electrons. The van der Waals surface area contributed by atoms with Crippen LogP contribution in [-0.4, -0.2) is 55.2 Å². The molecule has 0 aromatic carbocycles. The van der Waals surface area contributed by atoms with Crippen LogP contribution in [0.2, 0.25) is 0 Å². The maximum atomic E-state index is 11.9. The quantitative estimate of drug-likeness (QED) is 0.730. The Balaban J connectivity index is 4.21. The molecule has 16 heavy (non-hydrogen) atoms. The molecular formula is C11H25NO3S. The maximum absolute atomic E-state index is 11.9. The zero-order valence-electron chi connectivity index (χ0n) is 10.9. The van der Waals surface area contributed by atoms with Crippen LogP contribution in [0.1, 0.15) is 34.1 Å². The fraction of sp³-hybridized carbons (Fsp3) is 1.00. The average molecular weight is 251 g/mol. The normalized spacial score (nSPS) is 13.4. The van der Waals surface area contributed by atoms with E-state index in [2.05, 4.69) is 4.90 Å². The number of hydrogen-bond donors (Lipinski definition) is 1. The number of aliphatic hydroxyl groups is 1. The molecule has 0 saturated heterocycles. The molecule has 0 aliphatic rings. The molecule has 0 rings (SSSR count). The lowest BCUT2D eigenvalue weighted by molar-refractivity contribution is 0.236. The Morgan fingerprint density at radius 1 is 1.19 bits per heavy atom. The van der Waals surface area contributed by atoms with E-state index in [0.717, 1.165) is 13.1 Å². The predicted molar refractivity (Wildman–Crippen MR) is 67.4 cm³/mol. The van der Waals surface area contributed by atoms with E-state index in [1.54, 1.807) is 20.8 Å². The highest BCUT2D eigenvalue weighted by Gasteiger charge is 2.28. The Bertz CT molecular complexity index is 280. The summed E-state index contributed by atoms with van der Waals surface area (Å²) in [5, 5.41) is 8.72. The second-order valence-electron chi connectivity index (χ2n) is 4.94. The van der Waals surface area contributed by atoms with Crippen LogP contribution >= 0.6 is 0 Å². The second kappa shape index (κ2) is 6.57. The Hall–Kier alpha value is -0.130. The van der Waals surface area contributed by atoms with Crippen molar-refractivity contribution in [3.05, 3.63) is 0 Å². The molecule has 98 valence electrons. The monoisotopic (exact) mass is 251 g/mol. The molecule has 0 amide bonds. The highest BCUT2D eigenvalue weighted by molar-refractivity contribution is 7.92. The van der Waals surface area contributed by atoms with Crippen molar-refractivity contribution in [1.29, 1.82) is 0 Å². The summed E-state index contributed by atoms with van der Waals surface area (Å²) < 4.78 is 23.1. The molecule has 0 aromatic rings. The minimum absolute atomic E-state index is 0.155. The molecule has 0 aromatic heterocycles. The van der Waals surface area contributed by atoms with Gasteiger partial charge in [0.1, 0.15) is 0 Å². The van der Waals surface area contributed by atoms with Gasteiger partial charge >= 0.3 is 0 Å². The van der Waals surface area contributed by atoms with Crippen LogP contribution in [0.3, 0.4) is 0 Å². The van der Waals surface area contributed by atoms with Crippen LogP contribution in [0.4, 0.5) is 0 Å². The summed E-state index contributed by atoms with van der Waals surface area (Å²) in [6.07, 6.45) is 0.698. The Morgan fingerprint density at radius 2 is 1.75 bits per heavy atom. The summed E-state index contributed by atoms with van der Waals surface area (Å²) in [6.45, 7) is 9.47. The molecular weight excluding hydrogens is 226 g/mol. The first-order valence-electron chi connectivity index (χ1n) is 5.80. The largest absolute Gasteiger partial charge is 0.396 e. The Labute approximate surface area is 99.6 Å². The van der Waals surface area contributed by atoms with Crippen LogP contribution in [0.25, 0.3) is 0 Å².